The van der Waals surface area contributed by atoms with E-state index in [4.69, 9.17) is 14.2 Å². The molecule has 0 bridgehead atoms. The molecule has 1 atom stereocenters. The zero-order chi connectivity index (χ0) is 47.2. The van der Waals surface area contributed by atoms with Gasteiger partial charge in [-0.05, 0) is 77.0 Å². The molecule has 0 spiro atoms. The number of esters is 3. The van der Waals surface area contributed by atoms with Gasteiger partial charge in [-0.3, -0.25) is 14.4 Å². The van der Waals surface area contributed by atoms with Gasteiger partial charge in [-0.25, -0.2) is 0 Å². The van der Waals surface area contributed by atoms with Crippen LogP contribution in [0.1, 0.15) is 303 Å². The highest BCUT2D eigenvalue weighted by atomic mass is 16.6. The molecule has 0 N–H and O–H groups in total. The van der Waals surface area contributed by atoms with Crippen molar-refractivity contribution in [3.8, 4) is 0 Å². The minimum Gasteiger partial charge on any atom is -0.462 e. The Morgan fingerprint density at radius 3 is 0.892 bits per heavy atom. The van der Waals surface area contributed by atoms with E-state index >= 15 is 0 Å². The first-order valence-corrected chi connectivity index (χ1v) is 28.5. The number of hydrogen-bond donors (Lipinski definition) is 0. The van der Waals surface area contributed by atoms with Crippen molar-refractivity contribution in [2.45, 2.75) is 309 Å². The summed E-state index contributed by atoms with van der Waals surface area (Å²) < 4.78 is 16.7. The van der Waals surface area contributed by atoms with Crippen molar-refractivity contribution in [1.82, 2.24) is 0 Å². The Bertz CT molecular complexity index is 1090. The summed E-state index contributed by atoms with van der Waals surface area (Å²) in [4.78, 5) is 37.8. The van der Waals surface area contributed by atoms with Gasteiger partial charge >= 0.3 is 17.9 Å². The summed E-state index contributed by atoms with van der Waals surface area (Å²) in [6.07, 6.45) is 64.7. The van der Waals surface area contributed by atoms with Gasteiger partial charge in [-0.1, -0.05) is 243 Å². The van der Waals surface area contributed by atoms with Crippen LogP contribution >= 0.6 is 0 Å². The van der Waals surface area contributed by atoms with E-state index in [1.54, 1.807) is 0 Å². The summed E-state index contributed by atoms with van der Waals surface area (Å²) in [6, 6.07) is 0. The third-order valence-corrected chi connectivity index (χ3v) is 12.6. The SMILES string of the molecule is CCCCC/C=C\C/C=C\CCCCCCCCCCCC(=O)OC(COC(=O)CCCCCCC)COC(=O)CCCCCCCCCCCCC/C=C\CCCCCCCCCC. The molecule has 0 radical (unpaired) electrons. The Hall–Kier alpha value is -2.37. The Morgan fingerprint density at radius 1 is 0.308 bits per heavy atom. The fourth-order valence-electron chi connectivity index (χ4n) is 8.29. The molecule has 0 aromatic rings. The number of allylic oxidation sites excluding steroid dienone is 6. The number of ether oxygens (including phenoxy) is 3. The normalized spacial score (nSPS) is 12.2. The summed E-state index contributed by atoms with van der Waals surface area (Å²) in [7, 11) is 0. The average molecular weight is 914 g/mol. The van der Waals surface area contributed by atoms with Crippen molar-refractivity contribution in [3.05, 3.63) is 36.5 Å². The first kappa shape index (κ1) is 62.6. The minimum absolute atomic E-state index is 0.0722. The maximum Gasteiger partial charge on any atom is 0.306 e. The van der Waals surface area contributed by atoms with Gasteiger partial charge in [0.2, 0.25) is 0 Å². The highest BCUT2D eigenvalue weighted by Crippen LogP contribution is 2.16. The second-order valence-electron chi connectivity index (χ2n) is 19.2. The van der Waals surface area contributed by atoms with Gasteiger partial charge < -0.3 is 14.2 Å². The first-order chi connectivity index (χ1) is 32.0. The molecule has 6 heteroatoms. The molecule has 0 aromatic carbocycles. The highest BCUT2D eigenvalue weighted by molar-refractivity contribution is 5.71. The molecule has 0 saturated heterocycles. The molecule has 0 aliphatic carbocycles. The molecule has 0 rings (SSSR count). The van der Waals surface area contributed by atoms with Crippen molar-refractivity contribution in [3.63, 3.8) is 0 Å². The number of hydrogen-bond acceptors (Lipinski definition) is 6. The lowest BCUT2D eigenvalue weighted by Crippen LogP contribution is -2.30. The second kappa shape index (κ2) is 54.2. The van der Waals surface area contributed by atoms with Crippen molar-refractivity contribution >= 4 is 17.9 Å². The summed E-state index contributed by atoms with van der Waals surface area (Å²) in [5, 5.41) is 0. The van der Waals surface area contributed by atoms with E-state index < -0.39 is 6.10 Å². The lowest BCUT2D eigenvalue weighted by molar-refractivity contribution is -0.167. The quantitative estimate of drug-likeness (QED) is 0.0262. The molecule has 6 nitrogen and oxygen atoms in total. The lowest BCUT2D eigenvalue weighted by atomic mass is 10.0. The van der Waals surface area contributed by atoms with E-state index in [1.807, 2.05) is 0 Å². The number of rotatable bonds is 52. The fraction of sp³-hybridized carbons (Fsp3) is 0.847. The van der Waals surface area contributed by atoms with Crippen LogP contribution in [0.25, 0.3) is 0 Å². The van der Waals surface area contributed by atoms with Crippen LogP contribution in [0.15, 0.2) is 36.5 Å². The molecule has 380 valence electrons. The summed E-state index contributed by atoms with van der Waals surface area (Å²) in [6.45, 7) is 6.56. The van der Waals surface area contributed by atoms with Crippen LogP contribution in [0.3, 0.4) is 0 Å². The van der Waals surface area contributed by atoms with Crippen LogP contribution in [0.2, 0.25) is 0 Å². The van der Waals surface area contributed by atoms with Crippen LogP contribution < -0.4 is 0 Å². The van der Waals surface area contributed by atoms with Crippen LogP contribution in [-0.2, 0) is 28.6 Å². The summed E-state index contributed by atoms with van der Waals surface area (Å²) in [5.41, 5.74) is 0. The molecular formula is C59H108O6. The number of unbranched alkanes of at least 4 members (excludes halogenated alkanes) is 35. The predicted octanol–water partition coefficient (Wildman–Crippen LogP) is 18.9. The van der Waals surface area contributed by atoms with Gasteiger partial charge in [0.25, 0.3) is 0 Å². The standard InChI is InChI=1S/C59H108O6/c1-4-7-10-13-15-17-19-21-23-25-27-28-29-30-32-33-35-37-39-41-43-46-49-52-58(61)64-55-56(54-63-57(60)51-48-45-12-9-6-3)65-59(62)53-50-47-44-42-40-38-36-34-31-26-24-22-20-18-16-14-11-8-5-2/h16,18,22,24-25,27,56H,4-15,17,19-21,23,26,28-55H2,1-3H3/b18-16-,24-22-,27-25-. The molecule has 0 aliphatic rings. The van der Waals surface area contributed by atoms with Gasteiger partial charge in [0.15, 0.2) is 6.10 Å². The third kappa shape index (κ3) is 52.5. The first-order valence-electron chi connectivity index (χ1n) is 28.5. The van der Waals surface area contributed by atoms with Gasteiger partial charge in [-0.15, -0.1) is 0 Å². The monoisotopic (exact) mass is 913 g/mol. The zero-order valence-electron chi connectivity index (χ0n) is 43.5. The van der Waals surface area contributed by atoms with E-state index in [1.165, 1.54) is 193 Å². The molecule has 0 aliphatic heterocycles. The van der Waals surface area contributed by atoms with Gasteiger partial charge in [0.1, 0.15) is 13.2 Å². The van der Waals surface area contributed by atoms with Crippen molar-refractivity contribution in [2.24, 2.45) is 0 Å². The molecule has 0 aromatic heterocycles. The Balaban J connectivity index is 4.07. The molecular weight excluding hydrogens is 805 g/mol. The van der Waals surface area contributed by atoms with E-state index in [0.29, 0.717) is 19.3 Å². The van der Waals surface area contributed by atoms with E-state index in [-0.39, 0.29) is 31.1 Å². The Labute approximate surface area is 404 Å². The smallest absolute Gasteiger partial charge is 0.306 e. The zero-order valence-corrected chi connectivity index (χ0v) is 43.5. The van der Waals surface area contributed by atoms with Gasteiger partial charge in [-0.2, -0.15) is 0 Å². The topological polar surface area (TPSA) is 78.9 Å². The fourth-order valence-corrected chi connectivity index (χ4v) is 8.29. The minimum atomic E-state index is -0.769. The molecule has 0 heterocycles. The molecule has 0 saturated carbocycles. The van der Waals surface area contributed by atoms with Crippen LogP contribution in [-0.4, -0.2) is 37.2 Å². The largest absolute Gasteiger partial charge is 0.462 e. The van der Waals surface area contributed by atoms with Crippen LogP contribution in [0.5, 0.6) is 0 Å². The second-order valence-corrected chi connectivity index (χ2v) is 19.2. The van der Waals surface area contributed by atoms with Gasteiger partial charge in [0, 0.05) is 19.3 Å². The van der Waals surface area contributed by atoms with Crippen molar-refractivity contribution in [2.75, 3.05) is 13.2 Å². The predicted molar refractivity (Wildman–Crippen MR) is 279 cm³/mol. The highest BCUT2D eigenvalue weighted by Gasteiger charge is 2.19. The number of carbonyl (C=O) groups is 3. The molecule has 65 heavy (non-hydrogen) atoms. The molecule has 0 amide bonds. The van der Waals surface area contributed by atoms with Crippen molar-refractivity contribution in [1.29, 1.82) is 0 Å². The lowest BCUT2D eigenvalue weighted by Gasteiger charge is -2.18. The maximum absolute atomic E-state index is 12.8. The number of carbonyl (C=O) groups excluding carboxylic acids is 3. The molecule has 1 unspecified atom stereocenters. The molecule has 0 fully saturated rings. The van der Waals surface area contributed by atoms with E-state index in [0.717, 1.165) is 70.6 Å². The van der Waals surface area contributed by atoms with E-state index in [2.05, 4.69) is 57.2 Å². The summed E-state index contributed by atoms with van der Waals surface area (Å²) >= 11 is 0. The summed E-state index contributed by atoms with van der Waals surface area (Å²) in [5.74, 6) is -0.878. The van der Waals surface area contributed by atoms with Crippen molar-refractivity contribution < 1.29 is 28.6 Å². The maximum atomic E-state index is 12.8. The van der Waals surface area contributed by atoms with E-state index in [9.17, 15) is 14.4 Å². The van der Waals surface area contributed by atoms with Gasteiger partial charge in [0.05, 0.1) is 0 Å². The van der Waals surface area contributed by atoms with Crippen LogP contribution in [0, 0.1) is 0 Å². The third-order valence-electron chi connectivity index (χ3n) is 12.6. The van der Waals surface area contributed by atoms with Crippen LogP contribution in [0.4, 0.5) is 0 Å². The average Bonchev–Trinajstić information content (AvgIpc) is 3.30. The Morgan fingerprint density at radius 2 is 0.554 bits per heavy atom. The Kier molecular flexibility index (Phi) is 52.3.